The quantitative estimate of drug-likeness (QED) is 0.783. The van der Waals surface area contributed by atoms with E-state index in [-0.39, 0.29) is 10.8 Å². The third-order valence-electron chi connectivity index (χ3n) is 4.88. The molecule has 1 N–H and O–H groups in total. The minimum atomic E-state index is -3.54. The molecule has 0 unspecified atom stereocenters. The lowest BCUT2D eigenvalue weighted by Gasteiger charge is -2.21. The van der Waals surface area contributed by atoms with Gasteiger partial charge in [-0.3, -0.25) is 4.79 Å². The summed E-state index contributed by atoms with van der Waals surface area (Å²) in [5.74, 6) is -0.0968. The van der Waals surface area contributed by atoms with Crippen LogP contribution in [0.25, 0.3) is 5.57 Å². The van der Waals surface area contributed by atoms with Gasteiger partial charge in [0, 0.05) is 29.9 Å². The molecule has 0 atom stereocenters. The number of amides is 1. The maximum absolute atomic E-state index is 13.0. The first-order valence-electron chi connectivity index (χ1n) is 9.17. The Morgan fingerprint density at radius 3 is 2.32 bits per heavy atom. The number of allylic oxidation sites excluding steroid dienone is 1. The van der Waals surface area contributed by atoms with Gasteiger partial charge in [-0.15, -0.1) is 0 Å². The Kier molecular flexibility index (Phi) is 5.29. The Labute approximate surface area is 150 Å². The molecule has 0 radical (unpaired) electrons. The molecule has 0 bridgehead atoms. The van der Waals surface area contributed by atoms with E-state index >= 15 is 0 Å². The van der Waals surface area contributed by atoms with E-state index < -0.39 is 10.0 Å². The highest BCUT2D eigenvalue weighted by molar-refractivity contribution is 7.89. The van der Waals surface area contributed by atoms with Crippen LogP contribution >= 0.6 is 0 Å². The van der Waals surface area contributed by atoms with Gasteiger partial charge in [-0.25, -0.2) is 8.42 Å². The standard InChI is InChI=1S/C19H26N2O3S/c1-3-11-21(12-4-2)25(23,24)15-9-10-17-16(13-15)18(19(22)20-17)14-7-5-6-8-14/h9-10,13H,3-8,11-12H2,1-2H3,(H,20,22). The Bertz CT molecular complexity index is 798. The maximum Gasteiger partial charge on any atom is 0.256 e. The lowest BCUT2D eigenvalue weighted by atomic mass is 10.00. The van der Waals surface area contributed by atoms with Crippen LogP contribution in [-0.2, 0) is 14.8 Å². The van der Waals surface area contributed by atoms with Crippen molar-refractivity contribution in [3.05, 3.63) is 29.3 Å². The summed E-state index contributed by atoms with van der Waals surface area (Å²) in [6.45, 7) is 4.98. The number of nitrogens with zero attached hydrogens (tertiary/aromatic N) is 1. The monoisotopic (exact) mass is 362 g/mol. The summed E-state index contributed by atoms with van der Waals surface area (Å²) >= 11 is 0. The molecule has 1 amide bonds. The van der Waals surface area contributed by atoms with E-state index in [2.05, 4.69) is 5.32 Å². The highest BCUT2D eigenvalue weighted by atomic mass is 32.2. The molecule has 136 valence electrons. The van der Waals surface area contributed by atoms with Gasteiger partial charge >= 0.3 is 0 Å². The molecule has 1 aromatic carbocycles. The fraction of sp³-hybridized carbons (Fsp3) is 0.526. The first-order chi connectivity index (χ1) is 12.0. The molecule has 5 nitrogen and oxygen atoms in total. The normalized spacial score (nSPS) is 17.3. The molecule has 0 aromatic heterocycles. The van der Waals surface area contributed by atoms with Crippen LogP contribution in [0.1, 0.15) is 57.9 Å². The average Bonchev–Trinajstić information content (AvgIpc) is 3.20. The van der Waals surface area contributed by atoms with Crippen molar-refractivity contribution in [2.45, 2.75) is 57.3 Å². The molecule has 1 aliphatic heterocycles. The molecule has 1 saturated carbocycles. The maximum atomic E-state index is 13.0. The van der Waals surface area contributed by atoms with Crippen LogP contribution in [0.2, 0.25) is 0 Å². The summed E-state index contributed by atoms with van der Waals surface area (Å²) in [5.41, 5.74) is 3.32. The van der Waals surface area contributed by atoms with Crippen molar-refractivity contribution in [1.82, 2.24) is 4.31 Å². The number of hydrogen-bond donors (Lipinski definition) is 1. The van der Waals surface area contributed by atoms with Crippen LogP contribution in [0, 0.1) is 0 Å². The molecule has 3 rings (SSSR count). The second-order valence-corrected chi connectivity index (χ2v) is 8.69. The zero-order valence-electron chi connectivity index (χ0n) is 15.0. The van der Waals surface area contributed by atoms with Crippen LogP contribution in [0.15, 0.2) is 28.7 Å². The molecule has 6 heteroatoms. The van der Waals surface area contributed by atoms with Crippen molar-refractivity contribution in [3.8, 4) is 0 Å². The van der Waals surface area contributed by atoms with Gasteiger partial charge in [0.25, 0.3) is 5.91 Å². The zero-order valence-corrected chi connectivity index (χ0v) is 15.8. The van der Waals surface area contributed by atoms with Crippen molar-refractivity contribution >= 4 is 27.2 Å². The van der Waals surface area contributed by atoms with Crippen molar-refractivity contribution in [1.29, 1.82) is 0 Å². The largest absolute Gasteiger partial charge is 0.321 e. The average molecular weight is 362 g/mol. The number of fused-ring (bicyclic) bond motifs is 1. The highest BCUT2D eigenvalue weighted by Gasteiger charge is 2.31. The predicted molar refractivity (Wildman–Crippen MR) is 99.8 cm³/mol. The van der Waals surface area contributed by atoms with Crippen LogP contribution in [0.3, 0.4) is 0 Å². The molecule has 0 saturated heterocycles. The number of sulfonamides is 1. The minimum absolute atomic E-state index is 0.0968. The van der Waals surface area contributed by atoms with Crippen molar-refractivity contribution in [2.24, 2.45) is 0 Å². The van der Waals surface area contributed by atoms with Crippen LogP contribution in [0.5, 0.6) is 0 Å². The zero-order chi connectivity index (χ0) is 18.0. The lowest BCUT2D eigenvalue weighted by molar-refractivity contribution is -0.110. The van der Waals surface area contributed by atoms with Gasteiger partial charge < -0.3 is 5.32 Å². The van der Waals surface area contributed by atoms with E-state index in [9.17, 15) is 13.2 Å². The van der Waals surface area contributed by atoms with Gasteiger partial charge in [0.05, 0.1) is 4.90 Å². The van der Waals surface area contributed by atoms with Gasteiger partial charge in [0.1, 0.15) is 0 Å². The second kappa shape index (κ2) is 7.30. The summed E-state index contributed by atoms with van der Waals surface area (Å²) in [6.07, 6.45) is 5.60. The van der Waals surface area contributed by atoms with E-state index in [1.165, 1.54) is 0 Å². The molecule has 1 fully saturated rings. The summed E-state index contributed by atoms with van der Waals surface area (Å²) in [4.78, 5) is 12.7. The van der Waals surface area contributed by atoms with Crippen molar-refractivity contribution in [2.75, 3.05) is 18.4 Å². The molecular weight excluding hydrogens is 336 g/mol. The number of nitrogens with one attached hydrogen (secondary N) is 1. The number of benzene rings is 1. The molecule has 2 aliphatic rings. The van der Waals surface area contributed by atoms with E-state index in [0.717, 1.165) is 55.3 Å². The fourth-order valence-electron chi connectivity index (χ4n) is 3.71. The summed E-state index contributed by atoms with van der Waals surface area (Å²) < 4.78 is 27.6. The second-order valence-electron chi connectivity index (χ2n) is 6.75. The number of carbonyl (C=O) groups excluding carboxylic acids is 1. The molecular formula is C19H26N2O3S. The van der Waals surface area contributed by atoms with E-state index in [1.807, 2.05) is 13.8 Å². The predicted octanol–water partition coefficient (Wildman–Crippen LogP) is 3.78. The molecule has 1 heterocycles. The first-order valence-corrected chi connectivity index (χ1v) is 10.6. The minimum Gasteiger partial charge on any atom is -0.321 e. The van der Waals surface area contributed by atoms with Crippen LogP contribution in [-0.4, -0.2) is 31.7 Å². The van der Waals surface area contributed by atoms with Crippen molar-refractivity contribution < 1.29 is 13.2 Å². The van der Waals surface area contributed by atoms with Crippen LogP contribution < -0.4 is 5.32 Å². The molecule has 25 heavy (non-hydrogen) atoms. The summed E-state index contributed by atoms with van der Waals surface area (Å²) in [6, 6.07) is 5.01. The van der Waals surface area contributed by atoms with Gasteiger partial charge in [-0.05, 0) is 56.7 Å². The molecule has 0 spiro atoms. The van der Waals surface area contributed by atoms with Gasteiger partial charge in [-0.2, -0.15) is 4.31 Å². The highest BCUT2D eigenvalue weighted by Crippen LogP contribution is 2.40. The fourth-order valence-corrected chi connectivity index (χ4v) is 5.36. The Hall–Kier alpha value is -1.66. The summed E-state index contributed by atoms with van der Waals surface area (Å²) in [7, 11) is -3.54. The third kappa shape index (κ3) is 3.37. The van der Waals surface area contributed by atoms with E-state index in [1.54, 1.807) is 22.5 Å². The van der Waals surface area contributed by atoms with Gasteiger partial charge in [0.15, 0.2) is 0 Å². The van der Waals surface area contributed by atoms with E-state index in [0.29, 0.717) is 18.7 Å². The third-order valence-corrected chi connectivity index (χ3v) is 6.77. The number of hydrogen-bond acceptors (Lipinski definition) is 3. The number of anilines is 1. The van der Waals surface area contributed by atoms with Crippen LogP contribution in [0.4, 0.5) is 5.69 Å². The molecule has 1 aliphatic carbocycles. The Morgan fingerprint density at radius 2 is 1.72 bits per heavy atom. The number of carbonyl (C=O) groups is 1. The number of rotatable bonds is 6. The Morgan fingerprint density at radius 1 is 1.08 bits per heavy atom. The first kappa shape index (κ1) is 18.1. The van der Waals surface area contributed by atoms with Gasteiger partial charge in [0.2, 0.25) is 10.0 Å². The van der Waals surface area contributed by atoms with Gasteiger partial charge in [-0.1, -0.05) is 19.4 Å². The smallest absolute Gasteiger partial charge is 0.256 e. The lowest BCUT2D eigenvalue weighted by Crippen LogP contribution is -2.32. The topological polar surface area (TPSA) is 66.5 Å². The Balaban J connectivity index is 2.04. The van der Waals surface area contributed by atoms with Crippen molar-refractivity contribution in [3.63, 3.8) is 0 Å². The molecule has 1 aromatic rings. The van der Waals surface area contributed by atoms with E-state index in [4.69, 9.17) is 0 Å². The SMILES string of the molecule is CCCN(CCC)S(=O)(=O)c1ccc2c(c1)C(=C1CCCC1)C(=O)N2. The summed E-state index contributed by atoms with van der Waals surface area (Å²) in [5, 5.41) is 2.88.